The van der Waals surface area contributed by atoms with Gasteiger partial charge in [-0.15, -0.1) is 0 Å². The Labute approximate surface area is 131 Å². The van der Waals surface area contributed by atoms with Crippen molar-refractivity contribution >= 4 is 17.5 Å². The van der Waals surface area contributed by atoms with Crippen LogP contribution >= 0.6 is 0 Å². The number of methoxy groups -OCH3 is 1. The van der Waals surface area contributed by atoms with Gasteiger partial charge in [-0.1, -0.05) is 0 Å². The average molecular weight is 320 g/mol. The van der Waals surface area contributed by atoms with E-state index in [-0.39, 0.29) is 17.3 Å². The topological polar surface area (TPSA) is 67.4 Å². The molecule has 5 nitrogen and oxygen atoms in total. The van der Waals surface area contributed by atoms with Gasteiger partial charge in [0.2, 0.25) is 0 Å². The number of carbonyl (C=O) groups excluding carboxylic acids is 2. The summed E-state index contributed by atoms with van der Waals surface area (Å²) in [7, 11) is 2.85. The summed E-state index contributed by atoms with van der Waals surface area (Å²) in [6.07, 6.45) is 0. The largest absolute Gasteiger partial charge is 0.495 e. The van der Waals surface area contributed by atoms with Gasteiger partial charge in [0, 0.05) is 12.6 Å². The van der Waals surface area contributed by atoms with Gasteiger partial charge in [-0.2, -0.15) is 0 Å². The van der Waals surface area contributed by atoms with Crippen LogP contribution in [0.15, 0.2) is 36.4 Å². The Kier molecular flexibility index (Phi) is 4.90. The first-order chi connectivity index (χ1) is 11.0. The van der Waals surface area contributed by atoms with Gasteiger partial charge in [0.15, 0.2) is 0 Å². The number of anilines is 1. The molecule has 0 saturated carbocycles. The van der Waals surface area contributed by atoms with E-state index >= 15 is 0 Å². The van der Waals surface area contributed by atoms with Crippen LogP contribution in [0.5, 0.6) is 5.75 Å². The second-order valence-electron chi connectivity index (χ2n) is 4.57. The van der Waals surface area contributed by atoms with E-state index in [2.05, 4.69) is 10.6 Å². The zero-order valence-corrected chi connectivity index (χ0v) is 12.4. The van der Waals surface area contributed by atoms with Crippen LogP contribution in [0.2, 0.25) is 0 Å². The van der Waals surface area contributed by atoms with Gasteiger partial charge < -0.3 is 15.4 Å². The maximum atomic E-state index is 13.6. The second kappa shape index (κ2) is 6.87. The van der Waals surface area contributed by atoms with Crippen molar-refractivity contribution in [3.63, 3.8) is 0 Å². The molecule has 0 aliphatic carbocycles. The molecule has 0 saturated heterocycles. The molecule has 0 bridgehead atoms. The quantitative estimate of drug-likeness (QED) is 0.910. The Bertz CT molecular complexity index is 763. The summed E-state index contributed by atoms with van der Waals surface area (Å²) >= 11 is 0. The van der Waals surface area contributed by atoms with Gasteiger partial charge in [0.05, 0.1) is 18.4 Å². The number of hydrogen-bond acceptors (Lipinski definition) is 3. The molecule has 2 aromatic rings. The number of nitrogens with one attached hydrogen (secondary N) is 2. The lowest BCUT2D eigenvalue weighted by atomic mass is 10.1. The molecular formula is C16H14F2N2O3. The van der Waals surface area contributed by atoms with Crippen LogP contribution in [0.25, 0.3) is 0 Å². The summed E-state index contributed by atoms with van der Waals surface area (Å²) in [5.41, 5.74) is 0.135. The van der Waals surface area contributed by atoms with E-state index in [9.17, 15) is 18.4 Å². The zero-order chi connectivity index (χ0) is 17.0. The summed E-state index contributed by atoms with van der Waals surface area (Å²) in [6.45, 7) is 0. The predicted molar refractivity (Wildman–Crippen MR) is 80.7 cm³/mol. The number of carbonyl (C=O) groups is 2. The van der Waals surface area contributed by atoms with Crippen molar-refractivity contribution in [1.29, 1.82) is 0 Å². The number of halogens is 2. The van der Waals surface area contributed by atoms with Gasteiger partial charge >= 0.3 is 0 Å². The molecule has 2 amide bonds. The van der Waals surface area contributed by atoms with Crippen LogP contribution in [0.1, 0.15) is 20.7 Å². The summed E-state index contributed by atoms with van der Waals surface area (Å²) in [4.78, 5) is 23.7. The number of hydrogen-bond donors (Lipinski definition) is 2. The first-order valence-electron chi connectivity index (χ1n) is 6.62. The Hall–Kier alpha value is -2.96. The lowest BCUT2D eigenvalue weighted by Crippen LogP contribution is -2.18. The van der Waals surface area contributed by atoms with E-state index < -0.39 is 23.1 Å². The molecule has 0 aliphatic rings. The first-order valence-corrected chi connectivity index (χ1v) is 6.62. The zero-order valence-electron chi connectivity index (χ0n) is 12.4. The maximum absolute atomic E-state index is 13.6. The number of amides is 2. The summed E-state index contributed by atoms with van der Waals surface area (Å²) < 4.78 is 31.9. The number of benzene rings is 2. The highest BCUT2D eigenvalue weighted by molar-refractivity contribution is 6.05. The highest BCUT2D eigenvalue weighted by atomic mass is 19.1. The minimum absolute atomic E-state index is 0.219. The number of rotatable bonds is 4. The molecule has 23 heavy (non-hydrogen) atoms. The molecule has 0 unspecified atom stereocenters. The van der Waals surface area contributed by atoms with E-state index in [0.717, 1.165) is 18.2 Å². The Morgan fingerprint density at radius 1 is 1.04 bits per heavy atom. The fraction of sp³-hybridized carbons (Fsp3) is 0.125. The maximum Gasteiger partial charge on any atom is 0.258 e. The first kappa shape index (κ1) is 16.4. The third-order valence-corrected chi connectivity index (χ3v) is 3.11. The minimum Gasteiger partial charge on any atom is -0.495 e. The molecule has 0 atom stereocenters. The lowest BCUT2D eigenvalue weighted by molar-refractivity contribution is 0.0962. The van der Waals surface area contributed by atoms with Crippen molar-refractivity contribution in [3.8, 4) is 5.75 Å². The van der Waals surface area contributed by atoms with E-state index in [0.29, 0.717) is 5.56 Å². The minimum atomic E-state index is -0.843. The van der Waals surface area contributed by atoms with Gasteiger partial charge in [-0.05, 0) is 36.4 Å². The molecule has 0 aliphatic heterocycles. The standard InChI is InChI=1S/C16H14F2N2O3/c1-19-15(21)9-3-6-13(14(7-9)23-2)20-16(22)11-8-10(17)4-5-12(11)18/h3-8H,1-2H3,(H,19,21)(H,20,22). The van der Waals surface area contributed by atoms with Crippen LogP contribution in [0.3, 0.4) is 0 Å². The molecule has 2 aromatic carbocycles. The van der Waals surface area contributed by atoms with Crippen molar-refractivity contribution in [2.24, 2.45) is 0 Å². The molecule has 0 heterocycles. The van der Waals surface area contributed by atoms with Crippen LogP contribution in [-0.2, 0) is 0 Å². The summed E-state index contributed by atoms with van der Waals surface area (Å²) in [5.74, 6) is -2.50. The van der Waals surface area contributed by atoms with Gasteiger partial charge in [-0.3, -0.25) is 9.59 Å². The van der Waals surface area contributed by atoms with E-state index in [1.807, 2.05) is 0 Å². The molecule has 0 spiro atoms. The molecule has 0 radical (unpaired) electrons. The van der Waals surface area contributed by atoms with Crippen LogP contribution < -0.4 is 15.4 Å². The normalized spacial score (nSPS) is 10.1. The number of ether oxygens (including phenoxy) is 1. The van der Waals surface area contributed by atoms with E-state index in [1.165, 1.54) is 32.4 Å². The molecule has 0 fully saturated rings. The molecular weight excluding hydrogens is 306 g/mol. The van der Waals surface area contributed by atoms with Gasteiger partial charge in [-0.25, -0.2) is 8.78 Å². The Morgan fingerprint density at radius 2 is 1.78 bits per heavy atom. The third-order valence-electron chi connectivity index (χ3n) is 3.11. The van der Waals surface area contributed by atoms with Crippen molar-refractivity contribution in [2.75, 3.05) is 19.5 Å². The SMILES string of the molecule is CNC(=O)c1ccc(NC(=O)c2cc(F)ccc2F)c(OC)c1. The Morgan fingerprint density at radius 3 is 2.43 bits per heavy atom. The summed E-state index contributed by atoms with van der Waals surface area (Å²) in [6, 6.07) is 6.94. The van der Waals surface area contributed by atoms with E-state index in [4.69, 9.17) is 4.74 Å². The van der Waals surface area contributed by atoms with Crippen molar-refractivity contribution in [2.45, 2.75) is 0 Å². The third kappa shape index (κ3) is 3.63. The lowest BCUT2D eigenvalue weighted by Gasteiger charge is -2.12. The highest BCUT2D eigenvalue weighted by Crippen LogP contribution is 2.26. The second-order valence-corrected chi connectivity index (χ2v) is 4.57. The fourth-order valence-electron chi connectivity index (χ4n) is 1.94. The molecule has 120 valence electrons. The van der Waals surface area contributed by atoms with E-state index in [1.54, 1.807) is 0 Å². The molecule has 7 heteroatoms. The predicted octanol–water partition coefficient (Wildman–Crippen LogP) is 2.59. The van der Waals surface area contributed by atoms with Crippen LogP contribution in [0, 0.1) is 11.6 Å². The van der Waals surface area contributed by atoms with Crippen molar-refractivity contribution in [1.82, 2.24) is 5.32 Å². The fourth-order valence-corrected chi connectivity index (χ4v) is 1.94. The summed E-state index contributed by atoms with van der Waals surface area (Å²) in [5, 5.41) is 4.89. The van der Waals surface area contributed by atoms with Crippen LogP contribution in [-0.4, -0.2) is 26.0 Å². The van der Waals surface area contributed by atoms with Gasteiger partial charge in [0.1, 0.15) is 17.4 Å². The van der Waals surface area contributed by atoms with Gasteiger partial charge in [0.25, 0.3) is 11.8 Å². The molecule has 2 N–H and O–H groups in total. The van der Waals surface area contributed by atoms with Crippen molar-refractivity contribution in [3.05, 3.63) is 59.2 Å². The highest BCUT2D eigenvalue weighted by Gasteiger charge is 2.16. The molecule has 0 aromatic heterocycles. The average Bonchev–Trinajstić information content (AvgIpc) is 2.56. The van der Waals surface area contributed by atoms with Crippen LogP contribution in [0.4, 0.5) is 14.5 Å². The Balaban J connectivity index is 2.30. The molecule has 2 rings (SSSR count). The monoisotopic (exact) mass is 320 g/mol. The van der Waals surface area contributed by atoms with Crippen molar-refractivity contribution < 1.29 is 23.1 Å². The smallest absolute Gasteiger partial charge is 0.258 e.